The fraction of sp³-hybridized carbons (Fsp3) is 0.824. The molecule has 22 heavy (non-hydrogen) atoms. The summed E-state index contributed by atoms with van der Waals surface area (Å²) in [6.45, 7) is 4.16. The standard InChI is InChI=1S/C17H24IN3O/c18-16-10-15(21(19-16)11-2-1-3-11)17-13-8-12(9-14(13)17)20-4-6-22-7-5-20/h10-14,17H,1-9H2/t12?,13-,14+,17?. The lowest BCUT2D eigenvalue weighted by molar-refractivity contribution is 0.0151. The van der Waals surface area contributed by atoms with Crippen LogP contribution in [0.1, 0.15) is 49.8 Å². The van der Waals surface area contributed by atoms with Crippen LogP contribution in [0.25, 0.3) is 0 Å². The fourth-order valence-corrected chi connectivity index (χ4v) is 5.59. The monoisotopic (exact) mass is 413 g/mol. The zero-order valence-electron chi connectivity index (χ0n) is 13.0. The fourth-order valence-electron chi connectivity index (χ4n) is 5.04. The molecule has 4 nitrogen and oxygen atoms in total. The normalized spacial score (nSPS) is 38.8. The van der Waals surface area contributed by atoms with Crippen LogP contribution in [-0.4, -0.2) is 47.0 Å². The van der Waals surface area contributed by atoms with Crippen LogP contribution in [0.2, 0.25) is 0 Å². The Morgan fingerprint density at radius 2 is 1.82 bits per heavy atom. The molecule has 5 rings (SSSR count). The van der Waals surface area contributed by atoms with Gasteiger partial charge in [-0.2, -0.15) is 5.10 Å². The number of morpholine rings is 1. The van der Waals surface area contributed by atoms with E-state index in [-0.39, 0.29) is 0 Å². The number of ether oxygens (including phenoxy) is 1. The van der Waals surface area contributed by atoms with E-state index in [0.29, 0.717) is 6.04 Å². The Hall–Kier alpha value is -0.140. The molecule has 4 fully saturated rings. The van der Waals surface area contributed by atoms with Gasteiger partial charge in [0.2, 0.25) is 0 Å². The smallest absolute Gasteiger partial charge is 0.123 e. The molecule has 120 valence electrons. The van der Waals surface area contributed by atoms with E-state index in [0.717, 1.165) is 50.1 Å². The Morgan fingerprint density at radius 1 is 1.09 bits per heavy atom. The molecule has 2 unspecified atom stereocenters. The van der Waals surface area contributed by atoms with Crippen molar-refractivity contribution < 1.29 is 4.74 Å². The molecule has 2 heterocycles. The summed E-state index contributed by atoms with van der Waals surface area (Å²) in [6.07, 6.45) is 6.87. The van der Waals surface area contributed by atoms with Gasteiger partial charge < -0.3 is 4.74 Å². The van der Waals surface area contributed by atoms with Gasteiger partial charge >= 0.3 is 0 Å². The molecule has 4 aliphatic rings. The molecule has 5 heteroatoms. The van der Waals surface area contributed by atoms with Crippen molar-refractivity contribution >= 4 is 22.6 Å². The number of fused-ring (bicyclic) bond motifs is 1. The van der Waals surface area contributed by atoms with Crippen LogP contribution in [0.15, 0.2) is 6.07 Å². The summed E-state index contributed by atoms with van der Waals surface area (Å²) in [7, 11) is 0. The van der Waals surface area contributed by atoms with E-state index in [2.05, 4.69) is 38.2 Å². The molecule has 0 aromatic carbocycles. The third-order valence-electron chi connectivity index (χ3n) is 6.48. The van der Waals surface area contributed by atoms with E-state index in [1.54, 1.807) is 5.69 Å². The third kappa shape index (κ3) is 2.26. The van der Waals surface area contributed by atoms with Crippen LogP contribution in [0.5, 0.6) is 0 Å². The Labute approximate surface area is 145 Å². The van der Waals surface area contributed by atoms with Crippen LogP contribution in [0, 0.1) is 15.5 Å². The summed E-state index contributed by atoms with van der Waals surface area (Å²) in [5.41, 5.74) is 1.56. The third-order valence-corrected chi connectivity index (χ3v) is 7.01. The molecule has 0 N–H and O–H groups in total. The van der Waals surface area contributed by atoms with E-state index in [9.17, 15) is 0 Å². The van der Waals surface area contributed by atoms with Gasteiger partial charge in [-0.3, -0.25) is 9.58 Å². The minimum absolute atomic E-state index is 0.704. The maximum Gasteiger partial charge on any atom is 0.123 e. The van der Waals surface area contributed by atoms with Gasteiger partial charge in [-0.15, -0.1) is 0 Å². The number of nitrogens with zero attached hydrogens (tertiary/aromatic N) is 3. The van der Waals surface area contributed by atoms with Crippen molar-refractivity contribution in [3.8, 4) is 0 Å². The molecule has 1 aliphatic heterocycles. The predicted octanol–water partition coefficient (Wildman–Crippen LogP) is 3.04. The van der Waals surface area contributed by atoms with E-state index in [1.165, 1.54) is 35.8 Å². The Bertz CT molecular complexity index is 552. The first-order valence-corrected chi connectivity index (χ1v) is 9.96. The Morgan fingerprint density at radius 3 is 2.45 bits per heavy atom. The maximum atomic E-state index is 5.50. The zero-order chi connectivity index (χ0) is 14.7. The summed E-state index contributed by atoms with van der Waals surface area (Å²) in [6, 6.07) is 3.90. The van der Waals surface area contributed by atoms with Gasteiger partial charge in [0.1, 0.15) is 3.70 Å². The van der Waals surface area contributed by atoms with Gasteiger partial charge in [-0.1, -0.05) is 0 Å². The first-order valence-electron chi connectivity index (χ1n) is 8.88. The van der Waals surface area contributed by atoms with E-state index >= 15 is 0 Å². The number of aromatic nitrogens is 2. The SMILES string of the molecule is Ic1cc(C2[C@H]3CC(N4CCOCC4)C[C@@H]23)n(C2CCC2)n1. The van der Waals surface area contributed by atoms with Crippen molar-refractivity contribution in [2.45, 2.75) is 50.1 Å². The number of hydrogen-bond acceptors (Lipinski definition) is 3. The van der Waals surface area contributed by atoms with Crippen LogP contribution >= 0.6 is 22.6 Å². The highest BCUT2D eigenvalue weighted by molar-refractivity contribution is 14.1. The van der Waals surface area contributed by atoms with Gasteiger partial charge in [-0.05, 0) is 72.6 Å². The van der Waals surface area contributed by atoms with Crippen LogP contribution < -0.4 is 0 Å². The van der Waals surface area contributed by atoms with Gasteiger partial charge in [0.05, 0.1) is 19.3 Å². The molecule has 0 radical (unpaired) electrons. The second-order valence-corrected chi connectivity index (χ2v) is 8.65. The van der Waals surface area contributed by atoms with Crippen molar-refractivity contribution in [2.75, 3.05) is 26.3 Å². The Balaban J connectivity index is 1.28. The predicted molar refractivity (Wildman–Crippen MR) is 93.0 cm³/mol. The van der Waals surface area contributed by atoms with E-state index in [1.807, 2.05) is 0 Å². The van der Waals surface area contributed by atoms with Gasteiger partial charge in [-0.25, -0.2) is 0 Å². The number of hydrogen-bond donors (Lipinski definition) is 0. The molecule has 1 aromatic rings. The second-order valence-electron chi connectivity index (χ2n) is 7.55. The van der Waals surface area contributed by atoms with Gasteiger partial charge in [0.15, 0.2) is 0 Å². The highest BCUT2D eigenvalue weighted by Gasteiger charge is 2.58. The second kappa shape index (κ2) is 5.45. The van der Waals surface area contributed by atoms with Crippen molar-refractivity contribution in [3.63, 3.8) is 0 Å². The average molecular weight is 413 g/mol. The molecule has 0 bridgehead atoms. The van der Waals surface area contributed by atoms with Crippen LogP contribution in [0.4, 0.5) is 0 Å². The van der Waals surface area contributed by atoms with Crippen LogP contribution in [-0.2, 0) is 4.74 Å². The molecule has 4 atom stereocenters. The van der Waals surface area contributed by atoms with E-state index in [4.69, 9.17) is 9.84 Å². The van der Waals surface area contributed by atoms with Crippen molar-refractivity contribution in [1.29, 1.82) is 0 Å². The molecule has 0 amide bonds. The molecule has 0 spiro atoms. The molecule has 3 aliphatic carbocycles. The lowest BCUT2D eigenvalue weighted by atomic mass is 9.92. The van der Waals surface area contributed by atoms with Crippen molar-refractivity contribution in [1.82, 2.24) is 14.7 Å². The number of rotatable bonds is 3. The first kappa shape index (κ1) is 14.2. The average Bonchev–Trinajstić information content (AvgIpc) is 2.83. The summed E-state index contributed by atoms with van der Waals surface area (Å²) in [5, 5.41) is 4.81. The minimum atomic E-state index is 0.704. The maximum absolute atomic E-state index is 5.50. The lowest BCUT2D eigenvalue weighted by Gasteiger charge is -2.33. The highest BCUT2D eigenvalue weighted by atomic mass is 127. The molecule has 1 aromatic heterocycles. The van der Waals surface area contributed by atoms with E-state index < -0.39 is 0 Å². The molecular weight excluding hydrogens is 389 g/mol. The van der Waals surface area contributed by atoms with Gasteiger partial charge in [0.25, 0.3) is 0 Å². The summed E-state index contributed by atoms with van der Waals surface area (Å²) < 4.78 is 9.09. The zero-order valence-corrected chi connectivity index (χ0v) is 15.1. The molecular formula is C17H24IN3O. The van der Waals surface area contributed by atoms with Gasteiger partial charge in [0, 0.05) is 30.7 Å². The first-order chi connectivity index (χ1) is 10.8. The summed E-state index contributed by atoms with van der Waals surface area (Å²) >= 11 is 2.39. The lowest BCUT2D eigenvalue weighted by Crippen LogP contribution is -2.43. The van der Waals surface area contributed by atoms with Crippen molar-refractivity contribution in [3.05, 3.63) is 15.5 Å². The number of halogens is 1. The minimum Gasteiger partial charge on any atom is -0.379 e. The summed E-state index contributed by atoms with van der Waals surface area (Å²) in [5.74, 6) is 2.67. The largest absolute Gasteiger partial charge is 0.379 e. The Kier molecular flexibility index (Phi) is 3.52. The molecule has 3 saturated carbocycles. The van der Waals surface area contributed by atoms with Crippen LogP contribution in [0.3, 0.4) is 0 Å². The summed E-state index contributed by atoms with van der Waals surface area (Å²) in [4.78, 5) is 2.68. The van der Waals surface area contributed by atoms with Crippen molar-refractivity contribution in [2.24, 2.45) is 11.8 Å². The molecule has 1 saturated heterocycles. The highest BCUT2D eigenvalue weighted by Crippen LogP contribution is 2.64. The quantitative estimate of drug-likeness (QED) is 0.714. The topological polar surface area (TPSA) is 30.3 Å².